The van der Waals surface area contributed by atoms with Crippen molar-refractivity contribution in [2.75, 3.05) is 24.2 Å². The van der Waals surface area contributed by atoms with E-state index in [1.54, 1.807) is 17.3 Å². The lowest BCUT2D eigenvalue weighted by molar-refractivity contribution is -0.120. The number of nitrogens with two attached hydrogens (primary N) is 1. The van der Waals surface area contributed by atoms with E-state index in [0.717, 1.165) is 10.2 Å². The quantitative estimate of drug-likeness (QED) is 0.881. The first-order chi connectivity index (χ1) is 7.91. The zero-order valence-electron chi connectivity index (χ0n) is 10.2. The Hall–Kier alpha value is -1.30. The molecule has 0 spiro atoms. The molecule has 1 aromatic rings. The van der Waals surface area contributed by atoms with Gasteiger partial charge >= 0.3 is 0 Å². The summed E-state index contributed by atoms with van der Waals surface area (Å²) in [5, 5.41) is 2.83. The summed E-state index contributed by atoms with van der Waals surface area (Å²) in [5.74, 6) is -0.0365. The third kappa shape index (κ3) is 3.89. The van der Waals surface area contributed by atoms with E-state index in [0.29, 0.717) is 5.69 Å². The molecular weight excluding hydrogens is 284 g/mol. The van der Waals surface area contributed by atoms with Gasteiger partial charge in [0, 0.05) is 19.3 Å². The predicted molar refractivity (Wildman–Crippen MR) is 72.9 cm³/mol. The van der Waals surface area contributed by atoms with Crippen LogP contribution in [0.3, 0.4) is 0 Å². The maximum atomic E-state index is 11.6. The second-order valence-electron chi connectivity index (χ2n) is 4.14. The molecule has 0 saturated carbocycles. The van der Waals surface area contributed by atoms with Crippen LogP contribution in [0.1, 0.15) is 13.8 Å². The predicted octanol–water partition coefficient (Wildman–Crippen LogP) is 1.39. The molecule has 0 radical (unpaired) electrons. The van der Waals surface area contributed by atoms with Crippen LogP contribution in [0.25, 0.3) is 0 Å². The van der Waals surface area contributed by atoms with Gasteiger partial charge in [0.1, 0.15) is 0 Å². The number of halogens is 1. The average Bonchev–Trinajstić information content (AvgIpc) is 2.15. The van der Waals surface area contributed by atoms with Gasteiger partial charge in [0.05, 0.1) is 28.6 Å². The van der Waals surface area contributed by atoms with Crippen molar-refractivity contribution in [2.45, 2.75) is 19.9 Å². The lowest BCUT2D eigenvalue weighted by Gasteiger charge is -2.22. The molecule has 5 nitrogen and oxygen atoms in total. The molecule has 6 heteroatoms. The smallest absolute Gasteiger partial charge is 0.239 e. The van der Waals surface area contributed by atoms with Crippen LogP contribution in [0, 0.1) is 0 Å². The highest BCUT2D eigenvalue weighted by atomic mass is 79.9. The van der Waals surface area contributed by atoms with Gasteiger partial charge in [-0.05, 0) is 29.8 Å². The monoisotopic (exact) mass is 300 g/mol. The van der Waals surface area contributed by atoms with Crippen LogP contribution in [0.4, 0.5) is 11.4 Å². The van der Waals surface area contributed by atoms with Crippen molar-refractivity contribution in [1.82, 2.24) is 10.3 Å². The molecule has 0 fully saturated rings. The number of likely N-dealkylation sites (N-methyl/N-ethyl adjacent to an activating group) is 1. The summed E-state index contributed by atoms with van der Waals surface area (Å²) in [4.78, 5) is 17.4. The maximum absolute atomic E-state index is 11.6. The van der Waals surface area contributed by atoms with Gasteiger partial charge in [0.15, 0.2) is 0 Å². The highest BCUT2D eigenvalue weighted by molar-refractivity contribution is 9.10. The number of carbonyl (C=O) groups excluding carboxylic acids is 1. The molecule has 0 aliphatic rings. The van der Waals surface area contributed by atoms with Crippen molar-refractivity contribution in [3.05, 3.63) is 16.9 Å². The summed E-state index contributed by atoms with van der Waals surface area (Å²) in [6.45, 7) is 4.11. The van der Waals surface area contributed by atoms with Crippen LogP contribution >= 0.6 is 15.9 Å². The fraction of sp³-hybridized carbons (Fsp3) is 0.455. The molecule has 1 amide bonds. The second kappa shape index (κ2) is 5.86. The Bertz CT molecular complexity index is 388. The van der Waals surface area contributed by atoms with Gasteiger partial charge in [-0.25, -0.2) is 0 Å². The zero-order valence-corrected chi connectivity index (χ0v) is 11.8. The minimum Gasteiger partial charge on any atom is -0.396 e. The largest absolute Gasteiger partial charge is 0.396 e. The van der Waals surface area contributed by atoms with Gasteiger partial charge in [-0.2, -0.15) is 0 Å². The van der Waals surface area contributed by atoms with Crippen LogP contribution in [-0.2, 0) is 4.79 Å². The lowest BCUT2D eigenvalue weighted by atomic mass is 10.3. The molecule has 3 N–H and O–H groups in total. The first-order valence-electron chi connectivity index (χ1n) is 5.31. The summed E-state index contributed by atoms with van der Waals surface area (Å²) < 4.78 is 0.775. The minimum atomic E-state index is -0.0365. The number of nitrogens with zero attached hydrogens (tertiary/aromatic N) is 2. The van der Waals surface area contributed by atoms with Crippen molar-refractivity contribution in [3.63, 3.8) is 0 Å². The standard InChI is InChI=1S/C11H17BrN4O/c1-7(2)15-10(17)6-16(3)11-8(12)4-14-5-9(11)13/h4-5,7H,6,13H2,1-3H3,(H,15,17). The summed E-state index contributed by atoms with van der Waals surface area (Å²) >= 11 is 3.37. The Kier molecular flexibility index (Phi) is 4.74. The molecule has 0 aromatic carbocycles. The summed E-state index contributed by atoms with van der Waals surface area (Å²) in [6, 6.07) is 0.133. The Balaban J connectivity index is 2.76. The van der Waals surface area contributed by atoms with E-state index >= 15 is 0 Å². The number of hydrogen-bond acceptors (Lipinski definition) is 4. The summed E-state index contributed by atoms with van der Waals surface area (Å²) in [6.07, 6.45) is 3.22. The molecular formula is C11H17BrN4O. The number of anilines is 2. The van der Waals surface area contributed by atoms with E-state index in [-0.39, 0.29) is 18.5 Å². The molecule has 0 saturated heterocycles. The van der Waals surface area contributed by atoms with Gasteiger partial charge in [0.25, 0.3) is 0 Å². The number of nitrogen functional groups attached to an aromatic ring is 1. The van der Waals surface area contributed by atoms with E-state index < -0.39 is 0 Å². The summed E-state index contributed by atoms with van der Waals surface area (Å²) in [7, 11) is 1.82. The van der Waals surface area contributed by atoms with Crippen LogP contribution in [0.15, 0.2) is 16.9 Å². The lowest BCUT2D eigenvalue weighted by Crippen LogP contribution is -2.38. The fourth-order valence-corrected chi connectivity index (χ4v) is 2.16. The highest BCUT2D eigenvalue weighted by Gasteiger charge is 2.13. The molecule has 1 aromatic heterocycles. The van der Waals surface area contributed by atoms with Gasteiger partial charge in [-0.1, -0.05) is 0 Å². The number of hydrogen-bond donors (Lipinski definition) is 2. The molecule has 0 bridgehead atoms. The normalized spacial score (nSPS) is 10.4. The SMILES string of the molecule is CC(C)NC(=O)CN(C)c1c(N)cncc1Br. The van der Waals surface area contributed by atoms with Crippen molar-refractivity contribution >= 4 is 33.2 Å². The van der Waals surface area contributed by atoms with E-state index in [9.17, 15) is 4.79 Å². The number of rotatable bonds is 4. The zero-order chi connectivity index (χ0) is 13.0. The van der Waals surface area contributed by atoms with Crippen molar-refractivity contribution < 1.29 is 4.79 Å². The topological polar surface area (TPSA) is 71.2 Å². The van der Waals surface area contributed by atoms with Gasteiger partial charge in [-0.3, -0.25) is 9.78 Å². The molecule has 94 valence electrons. The number of pyridine rings is 1. The van der Waals surface area contributed by atoms with Gasteiger partial charge < -0.3 is 16.0 Å². The first-order valence-corrected chi connectivity index (χ1v) is 6.10. The van der Waals surface area contributed by atoms with Crippen molar-refractivity contribution in [2.24, 2.45) is 0 Å². The third-order valence-corrected chi connectivity index (χ3v) is 2.69. The van der Waals surface area contributed by atoms with E-state index in [1.165, 1.54) is 0 Å². The van der Waals surface area contributed by atoms with Crippen LogP contribution in [0.5, 0.6) is 0 Å². The second-order valence-corrected chi connectivity index (χ2v) is 4.99. The van der Waals surface area contributed by atoms with Crippen LogP contribution in [-0.4, -0.2) is 30.5 Å². The highest BCUT2D eigenvalue weighted by Crippen LogP contribution is 2.29. The van der Waals surface area contributed by atoms with Crippen LogP contribution < -0.4 is 16.0 Å². The van der Waals surface area contributed by atoms with Gasteiger partial charge in [0.2, 0.25) is 5.91 Å². The van der Waals surface area contributed by atoms with E-state index in [1.807, 2.05) is 20.9 Å². The molecule has 0 atom stereocenters. The first kappa shape index (κ1) is 13.8. The molecule has 1 heterocycles. The number of carbonyl (C=O) groups is 1. The number of amides is 1. The summed E-state index contributed by atoms with van der Waals surface area (Å²) in [5.41, 5.74) is 7.15. The number of nitrogens with one attached hydrogen (secondary N) is 1. The van der Waals surface area contributed by atoms with Crippen molar-refractivity contribution in [3.8, 4) is 0 Å². The Morgan fingerprint density at radius 1 is 1.59 bits per heavy atom. The van der Waals surface area contributed by atoms with E-state index in [2.05, 4.69) is 26.2 Å². The van der Waals surface area contributed by atoms with E-state index in [4.69, 9.17) is 5.73 Å². The van der Waals surface area contributed by atoms with Crippen LogP contribution in [0.2, 0.25) is 0 Å². The molecule has 0 aliphatic heterocycles. The Morgan fingerprint density at radius 3 is 2.76 bits per heavy atom. The molecule has 0 aliphatic carbocycles. The van der Waals surface area contributed by atoms with Gasteiger partial charge in [-0.15, -0.1) is 0 Å². The molecule has 17 heavy (non-hydrogen) atoms. The Morgan fingerprint density at radius 2 is 2.24 bits per heavy atom. The average molecular weight is 301 g/mol. The fourth-order valence-electron chi connectivity index (χ4n) is 1.51. The van der Waals surface area contributed by atoms with Crippen molar-refractivity contribution in [1.29, 1.82) is 0 Å². The number of aromatic nitrogens is 1. The molecule has 0 unspecified atom stereocenters. The third-order valence-electron chi connectivity index (χ3n) is 2.11. The molecule has 1 rings (SSSR count). The Labute approximate surface area is 110 Å². The maximum Gasteiger partial charge on any atom is 0.239 e. The minimum absolute atomic E-state index is 0.0365.